The number of fused-ring (bicyclic) bond motifs is 5. The average Bonchev–Trinajstić information content (AvgIpc) is 3.27. The second-order valence-electron chi connectivity index (χ2n) is 14.7. The lowest BCUT2D eigenvalue weighted by atomic mass is 9.46. The van der Waals surface area contributed by atoms with E-state index in [-0.39, 0.29) is 6.61 Å². The fourth-order valence-corrected chi connectivity index (χ4v) is 9.86. The van der Waals surface area contributed by atoms with Crippen LogP contribution in [0.3, 0.4) is 0 Å². The van der Waals surface area contributed by atoms with Crippen LogP contribution in [0.25, 0.3) is 0 Å². The molecule has 0 radical (unpaired) electrons. The van der Waals surface area contributed by atoms with Gasteiger partial charge in [0.05, 0.1) is 39.6 Å². The van der Waals surface area contributed by atoms with Gasteiger partial charge in [0, 0.05) is 6.61 Å². The van der Waals surface area contributed by atoms with Crippen LogP contribution in [0, 0.1) is 52.3 Å². The number of aliphatic hydroxyl groups excluding tert-OH is 1. The third kappa shape index (κ3) is 7.51. The Morgan fingerprint density at radius 1 is 0.846 bits per heavy atom. The van der Waals surface area contributed by atoms with Gasteiger partial charge in [-0.2, -0.15) is 0 Å². The summed E-state index contributed by atoms with van der Waals surface area (Å²) in [5, 5.41) is 8.71. The van der Waals surface area contributed by atoms with E-state index in [0.717, 1.165) is 48.0 Å². The van der Waals surface area contributed by atoms with Gasteiger partial charge in [-0.05, 0) is 110 Å². The molecule has 4 nitrogen and oxygen atoms in total. The van der Waals surface area contributed by atoms with Gasteiger partial charge in [-0.3, -0.25) is 0 Å². The fourth-order valence-electron chi connectivity index (χ4n) is 9.86. The lowest BCUT2D eigenvalue weighted by Crippen LogP contribution is -2.50. The Labute approximate surface area is 241 Å². The molecule has 0 bridgehead atoms. The number of aliphatic hydroxyl groups is 1. The number of rotatable bonds is 16. The molecular weight excluding hydrogens is 484 g/mol. The highest BCUT2D eigenvalue weighted by molar-refractivity contribution is 5.25. The Hall–Kier alpha value is -0.420. The van der Waals surface area contributed by atoms with Crippen LogP contribution in [0.4, 0.5) is 0 Å². The quantitative estimate of drug-likeness (QED) is 0.157. The highest BCUT2D eigenvalue weighted by Crippen LogP contribution is 2.67. The van der Waals surface area contributed by atoms with Crippen molar-refractivity contribution in [3.63, 3.8) is 0 Å². The van der Waals surface area contributed by atoms with Gasteiger partial charge in [-0.25, -0.2) is 0 Å². The predicted molar refractivity (Wildman–Crippen MR) is 161 cm³/mol. The van der Waals surface area contributed by atoms with Gasteiger partial charge < -0.3 is 19.3 Å². The molecule has 0 unspecified atom stereocenters. The third-order valence-corrected chi connectivity index (χ3v) is 12.1. The molecule has 0 aliphatic heterocycles. The van der Waals surface area contributed by atoms with E-state index in [1.54, 1.807) is 0 Å². The summed E-state index contributed by atoms with van der Waals surface area (Å²) in [6, 6.07) is 0. The summed E-state index contributed by atoms with van der Waals surface area (Å²) in [7, 11) is 0. The zero-order valence-corrected chi connectivity index (χ0v) is 26.2. The van der Waals surface area contributed by atoms with Gasteiger partial charge in [0.2, 0.25) is 0 Å². The van der Waals surface area contributed by atoms with Gasteiger partial charge in [-0.1, -0.05) is 65.5 Å². The second kappa shape index (κ2) is 14.7. The van der Waals surface area contributed by atoms with Gasteiger partial charge in [0.15, 0.2) is 0 Å². The number of allylic oxidation sites excluding steroid dienone is 2. The molecule has 4 aliphatic rings. The van der Waals surface area contributed by atoms with E-state index in [1.807, 2.05) is 5.57 Å². The maximum Gasteiger partial charge on any atom is 0.0701 e. The largest absolute Gasteiger partial charge is 0.394 e. The van der Waals surface area contributed by atoms with Crippen molar-refractivity contribution < 1.29 is 19.3 Å². The molecule has 0 aromatic heterocycles. The Kier molecular flexibility index (Phi) is 11.8. The van der Waals surface area contributed by atoms with Crippen LogP contribution in [0.15, 0.2) is 11.6 Å². The Bertz CT molecular complexity index is 764. The van der Waals surface area contributed by atoms with Crippen LogP contribution in [0.2, 0.25) is 0 Å². The van der Waals surface area contributed by atoms with Gasteiger partial charge in [-0.15, -0.1) is 0 Å². The maximum absolute atomic E-state index is 8.71. The Morgan fingerprint density at radius 2 is 1.56 bits per heavy atom. The fraction of sp³-hybridized carbons (Fsp3) is 0.943. The molecule has 4 rings (SSSR count). The van der Waals surface area contributed by atoms with E-state index in [4.69, 9.17) is 19.3 Å². The van der Waals surface area contributed by atoms with Crippen molar-refractivity contribution in [3.05, 3.63) is 11.6 Å². The van der Waals surface area contributed by atoms with Crippen molar-refractivity contribution in [2.75, 3.05) is 46.2 Å². The third-order valence-electron chi connectivity index (χ3n) is 12.1. The van der Waals surface area contributed by atoms with Gasteiger partial charge in [0.1, 0.15) is 0 Å². The van der Waals surface area contributed by atoms with Crippen molar-refractivity contribution in [3.8, 4) is 0 Å². The molecule has 4 aliphatic carbocycles. The van der Waals surface area contributed by atoms with Crippen molar-refractivity contribution in [1.29, 1.82) is 0 Å². The van der Waals surface area contributed by atoms with E-state index in [2.05, 4.69) is 40.7 Å². The monoisotopic (exact) mass is 546 g/mol. The topological polar surface area (TPSA) is 47.9 Å². The molecule has 3 saturated carbocycles. The van der Waals surface area contributed by atoms with Crippen molar-refractivity contribution in [2.45, 2.75) is 112 Å². The predicted octanol–water partition coefficient (Wildman–Crippen LogP) is 8.08. The van der Waals surface area contributed by atoms with E-state index in [9.17, 15) is 0 Å². The van der Waals surface area contributed by atoms with Gasteiger partial charge >= 0.3 is 0 Å². The number of hydrogen-bond donors (Lipinski definition) is 1. The molecule has 226 valence electrons. The van der Waals surface area contributed by atoms with Crippen LogP contribution < -0.4 is 0 Å². The van der Waals surface area contributed by atoms with E-state index >= 15 is 0 Å². The van der Waals surface area contributed by atoms with Crippen molar-refractivity contribution >= 4 is 0 Å². The maximum atomic E-state index is 8.71. The summed E-state index contributed by atoms with van der Waals surface area (Å²) in [6.45, 7) is 16.4. The van der Waals surface area contributed by atoms with Crippen LogP contribution in [0.1, 0.15) is 112 Å². The van der Waals surface area contributed by atoms with Crippen LogP contribution in [-0.4, -0.2) is 51.4 Å². The Balaban J connectivity index is 1.23. The molecule has 39 heavy (non-hydrogen) atoms. The van der Waals surface area contributed by atoms with E-state index in [1.165, 1.54) is 77.0 Å². The molecule has 4 heteroatoms. The molecule has 0 aromatic carbocycles. The summed E-state index contributed by atoms with van der Waals surface area (Å²) in [6.07, 6.45) is 19.5. The summed E-state index contributed by atoms with van der Waals surface area (Å²) < 4.78 is 16.7. The molecule has 0 heterocycles. The summed E-state index contributed by atoms with van der Waals surface area (Å²) in [5.41, 5.74) is 2.85. The number of ether oxygens (including phenoxy) is 3. The molecule has 3 fully saturated rings. The normalized spacial score (nSPS) is 36.8. The number of hydrogen-bond acceptors (Lipinski definition) is 4. The molecule has 8 atom stereocenters. The molecule has 0 saturated heterocycles. The molecule has 1 N–H and O–H groups in total. The standard InChI is InChI=1S/C35H62O4/c1-26(2)7-6-8-27(3)31-11-12-32-30-10-9-29-25-28(15-19-37-21-23-39-24-22-38-20-18-36)13-16-34(29,4)33(30)14-17-35(31,32)5/h9,26-28,30-33,36H,6-8,10-25H2,1-5H3/t27-,28+,30+,31-,32+,33+,34+,35-/m1/s1. The highest BCUT2D eigenvalue weighted by Gasteiger charge is 2.59. The van der Waals surface area contributed by atoms with Gasteiger partial charge in [0.25, 0.3) is 0 Å². The Morgan fingerprint density at radius 3 is 2.28 bits per heavy atom. The highest BCUT2D eigenvalue weighted by atomic mass is 16.5. The first kappa shape index (κ1) is 31.5. The van der Waals surface area contributed by atoms with E-state index in [0.29, 0.717) is 43.9 Å². The minimum atomic E-state index is 0.0695. The minimum Gasteiger partial charge on any atom is -0.394 e. The van der Waals surface area contributed by atoms with E-state index < -0.39 is 0 Å². The molecule has 0 spiro atoms. The van der Waals surface area contributed by atoms with Crippen LogP contribution >= 0.6 is 0 Å². The summed E-state index contributed by atoms with van der Waals surface area (Å²) in [5.74, 6) is 6.29. The van der Waals surface area contributed by atoms with Crippen molar-refractivity contribution in [1.82, 2.24) is 0 Å². The minimum absolute atomic E-state index is 0.0695. The average molecular weight is 547 g/mol. The molecular formula is C35H62O4. The lowest BCUT2D eigenvalue weighted by Gasteiger charge is -2.58. The molecule has 0 aromatic rings. The lowest BCUT2D eigenvalue weighted by molar-refractivity contribution is -0.0537. The van der Waals surface area contributed by atoms with Crippen LogP contribution in [-0.2, 0) is 14.2 Å². The zero-order valence-electron chi connectivity index (χ0n) is 26.2. The first-order chi connectivity index (χ1) is 18.8. The second-order valence-corrected chi connectivity index (χ2v) is 14.7. The first-order valence-corrected chi connectivity index (χ1v) is 16.8. The molecule has 0 amide bonds. The summed E-state index contributed by atoms with van der Waals surface area (Å²) in [4.78, 5) is 0. The summed E-state index contributed by atoms with van der Waals surface area (Å²) >= 11 is 0. The zero-order chi connectivity index (χ0) is 27.9. The van der Waals surface area contributed by atoms with Crippen LogP contribution in [0.5, 0.6) is 0 Å². The first-order valence-electron chi connectivity index (χ1n) is 16.8. The van der Waals surface area contributed by atoms with Crippen molar-refractivity contribution in [2.24, 2.45) is 52.3 Å². The smallest absolute Gasteiger partial charge is 0.0701 e. The SMILES string of the molecule is CC(C)CCC[C@@H](C)[C@H]1CC[C@H]2[C@@H]3CC=C4C[C@H](CCOCCOCCOCCO)CC[C@]4(C)[C@H]3CC[C@]12C.